The van der Waals surface area contributed by atoms with Crippen molar-refractivity contribution in [1.82, 2.24) is 20.4 Å². The van der Waals surface area contributed by atoms with Crippen molar-refractivity contribution >= 4 is 17.5 Å². The van der Waals surface area contributed by atoms with Crippen LogP contribution in [-0.2, 0) is 6.54 Å². The average Bonchev–Trinajstić information content (AvgIpc) is 2.93. The maximum Gasteiger partial charge on any atom is 0.271 e. The van der Waals surface area contributed by atoms with Crippen LogP contribution in [0.2, 0.25) is 5.02 Å². The van der Waals surface area contributed by atoms with Crippen LogP contribution in [0, 0.1) is 0 Å². The van der Waals surface area contributed by atoms with Gasteiger partial charge in [0.15, 0.2) is 5.69 Å². The predicted molar refractivity (Wildman–Crippen MR) is 83.9 cm³/mol. The van der Waals surface area contributed by atoms with Gasteiger partial charge in [-0.1, -0.05) is 37.6 Å². The summed E-state index contributed by atoms with van der Waals surface area (Å²) in [5, 5.41) is 10.8. The maximum atomic E-state index is 11.6. The summed E-state index contributed by atoms with van der Waals surface area (Å²) in [4.78, 5) is 11.6. The molecule has 0 saturated heterocycles. The number of carbonyl (C=O) groups excluding carboxylic acids is 1. The molecule has 0 saturated carbocycles. The topological polar surface area (TPSA) is 59.0 Å². The summed E-state index contributed by atoms with van der Waals surface area (Å²) in [6.45, 7) is 4.85. The second kappa shape index (κ2) is 6.74. The minimum absolute atomic E-state index is 0.220. The lowest BCUT2D eigenvalue weighted by atomic mass is 10.1. The largest absolute Gasteiger partial charge is 0.354 e. The van der Waals surface area contributed by atoms with Gasteiger partial charge in [-0.3, -0.25) is 4.79 Å². The molecule has 0 aliphatic carbocycles. The number of hydrogen-bond donors (Lipinski definition) is 2. The van der Waals surface area contributed by atoms with E-state index in [1.807, 2.05) is 18.2 Å². The van der Waals surface area contributed by atoms with Gasteiger partial charge in [0.1, 0.15) is 0 Å². The Balaban J connectivity index is 2.38. The number of rotatable bonds is 5. The monoisotopic (exact) mass is 306 g/mol. The molecule has 0 bridgehead atoms. The SMILES string of the molecule is CNC(=O)c1ccn(-c2c(Cl)cccc2CNC(C)C)n1. The van der Waals surface area contributed by atoms with E-state index in [9.17, 15) is 4.79 Å². The molecule has 0 aliphatic rings. The molecular formula is C15H19ClN4O. The Morgan fingerprint density at radius 1 is 1.38 bits per heavy atom. The number of hydrogen-bond acceptors (Lipinski definition) is 3. The van der Waals surface area contributed by atoms with Crippen molar-refractivity contribution in [2.45, 2.75) is 26.4 Å². The predicted octanol–water partition coefficient (Wildman–Crippen LogP) is 2.38. The van der Waals surface area contributed by atoms with Gasteiger partial charge in [0.2, 0.25) is 0 Å². The quantitative estimate of drug-likeness (QED) is 0.891. The van der Waals surface area contributed by atoms with Crippen molar-refractivity contribution < 1.29 is 4.79 Å². The highest BCUT2D eigenvalue weighted by atomic mass is 35.5. The van der Waals surface area contributed by atoms with Gasteiger partial charge in [0, 0.05) is 25.8 Å². The van der Waals surface area contributed by atoms with Gasteiger partial charge in [0.25, 0.3) is 5.91 Å². The van der Waals surface area contributed by atoms with E-state index in [2.05, 4.69) is 29.6 Å². The van der Waals surface area contributed by atoms with Crippen LogP contribution in [-0.4, -0.2) is 28.8 Å². The van der Waals surface area contributed by atoms with Crippen LogP contribution in [0.25, 0.3) is 5.69 Å². The number of aromatic nitrogens is 2. The van der Waals surface area contributed by atoms with Crippen molar-refractivity contribution in [2.75, 3.05) is 7.05 Å². The van der Waals surface area contributed by atoms with E-state index in [0.29, 0.717) is 23.3 Å². The normalized spacial score (nSPS) is 10.9. The van der Waals surface area contributed by atoms with Gasteiger partial charge >= 0.3 is 0 Å². The summed E-state index contributed by atoms with van der Waals surface area (Å²) in [6.07, 6.45) is 1.74. The number of carbonyl (C=O) groups is 1. The number of para-hydroxylation sites is 1. The third-order valence-electron chi connectivity index (χ3n) is 3.05. The lowest BCUT2D eigenvalue weighted by molar-refractivity contribution is 0.0957. The lowest BCUT2D eigenvalue weighted by Gasteiger charge is -2.14. The molecule has 0 spiro atoms. The molecule has 2 N–H and O–H groups in total. The molecule has 2 rings (SSSR count). The third kappa shape index (κ3) is 3.62. The molecule has 112 valence electrons. The van der Waals surface area contributed by atoms with Gasteiger partial charge in [-0.2, -0.15) is 5.10 Å². The fourth-order valence-electron chi connectivity index (χ4n) is 1.97. The van der Waals surface area contributed by atoms with Gasteiger partial charge < -0.3 is 10.6 Å². The molecule has 1 aromatic carbocycles. The highest BCUT2D eigenvalue weighted by Gasteiger charge is 2.13. The molecule has 0 unspecified atom stereocenters. The standard InChI is InChI=1S/C15H19ClN4O/c1-10(2)18-9-11-5-4-6-12(16)14(11)20-8-7-13(19-20)15(21)17-3/h4-8,10,18H,9H2,1-3H3,(H,17,21). The summed E-state index contributed by atoms with van der Waals surface area (Å²) in [6, 6.07) is 7.76. The van der Waals surface area contributed by atoms with E-state index in [-0.39, 0.29) is 5.91 Å². The Labute approximate surface area is 129 Å². The number of amides is 1. The number of nitrogens with one attached hydrogen (secondary N) is 2. The Hall–Kier alpha value is -1.85. The Morgan fingerprint density at radius 3 is 2.81 bits per heavy atom. The molecule has 2 aromatic rings. The molecule has 1 heterocycles. The van der Waals surface area contributed by atoms with Crippen molar-refractivity contribution in [3.05, 3.63) is 46.7 Å². The second-order valence-electron chi connectivity index (χ2n) is 5.01. The van der Waals surface area contributed by atoms with E-state index in [0.717, 1.165) is 11.3 Å². The molecule has 6 heteroatoms. The molecule has 0 atom stereocenters. The van der Waals surface area contributed by atoms with Gasteiger partial charge in [-0.05, 0) is 17.7 Å². The highest BCUT2D eigenvalue weighted by molar-refractivity contribution is 6.32. The molecule has 1 aromatic heterocycles. The molecule has 0 radical (unpaired) electrons. The van der Waals surface area contributed by atoms with E-state index < -0.39 is 0 Å². The second-order valence-corrected chi connectivity index (χ2v) is 5.42. The Morgan fingerprint density at radius 2 is 2.14 bits per heavy atom. The van der Waals surface area contributed by atoms with Crippen LogP contribution in [0.1, 0.15) is 29.9 Å². The Kier molecular flexibility index (Phi) is 4.98. The molecular weight excluding hydrogens is 288 g/mol. The van der Waals surface area contributed by atoms with Gasteiger partial charge in [-0.15, -0.1) is 0 Å². The minimum Gasteiger partial charge on any atom is -0.354 e. The molecule has 21 heavy (non-hydrogen) atoms. The van der Waals surface area contributed by atoms with Gasteiger partial charge in [-0.25, -0.2) is 4.68 Å². The van der Waals surface area contributed by atoms with Crippen LogP contribution in [0.3, 0.4) is 0 Å². The summed E-state index contributed by atoms with van der Waals surface area (Å²) in [5.41, 5.74) is 2.19. The smallest absolute Gasteiger partial charge is 0.271 e. The first-order chi connectivity index (χ1) is 10.0. The van der Waals surface area contributed by atoms with Crippen LogP contribution < -0.4 is 10.6 Å². The first-order valence-corrected chi connectivity index (χ1v) is 7.19. The fraction of sp³-hybridized carbons (Fsp3) is 0.333. The zero-order valence-electron chi connectivity index (χ0n) is 12.4. The highest BCUT2D eigenvalue weighted by Crippen LogP contribution is 2.24. The first-order valence-electron chi connectivity index (χ1n) is 6.82. The van der Waals surface area contributed by atoms with Crippen molar-refractivity contribution in [1.29, 1.82) is 0 Å². The maximum absolute atomic E-state index is 11.6. The fourth-order valence-corrected chi connectivity index (χ4v) is 2.25. The van der Waals surface area contributed by atoms with Crippen molar-refractivity contribution in [2.24, 2.45) is 0 Å². The van der Waals surface area contributed by atoms with E-state index in [1.165, 1.54) is 0 Å². The average molecular weight is 307 g/mol. The molecule has 1 amide bonds. The van der Waals surface area contributed by atoms with Crippen LogP contribution in [0.5, 0.6) is 0 Å². The Bertz CT molecular complexity index is 636. The van der Waals surface area contributed by atoms with E-state index >= 15 is 0 Å². The summed E-state index contributed by atoms with van der Waals surface area (Å²) < 4.78 is 1.64. The van der Waals surface area contributed by atoms with Gasteiger partial charge in [0.05, 0.1) is 10.7 Å². The molecule has 0 aliphatic heterocycles. The summed E-state index contributed by atoms with van der Waals surface area (Å²) in [7, 11) is 1.58. The van der Waals surface area contributed by atoms with E-state index in [4.69, 9.17) is 11.6 Å². The third-order valence-corrected chi connectivity index (χ3v) is 3.35. The summed E-state index contributed by atoms with van der Waals surface area (Å²) >= 11 is 6.31. The zero-order chi connectivity index (χ0) is 15.4. The molecule has 5 nitrogen and oxygen atoms in total. The van der Waals surface area contributed by atoms with Crippen LogP contribution in [0.4, 0.5) is 0 Å². The number of halogens is 1. The van der Waals surface area contributed by atoms with E-state index in [1.54, 1.807) is 24.0 Å². The minimum atomic E-state index is -0.220. The zero-order valence-corrected chi connectivity index (χ0v) is 13.1. The summed E-state index contributed by atoms with van der Waals surface area (Å²) in [5.74, 6) is -0.220. The van der Waals surface area contributed by atoms with Crippen molar-refractivity contribution in [3.8, 4) is 5.69 Å². The number of nitrogens with zero attached hydrogens (tertiary/aromatic N) is 2. The number of benzene rings is 1. The van der Waals surface area contributed by atoms with Crippen molar-refractivity contribution in [3.63, 3.8) is 0 Å². The first kappa shape index (κ1) is 15.5. The molecule has 0 fully saturated rings. The van der Waals surface area contributed by atoms with Crippen LogP contribution in [0.15, 0.2) is 30.5 Å². The lowest BCUT2D eigenvalue weighted by Crippen LogP contribution is -2.23. The van der Waals surface area contributed by atoms with Crippen LogP contribution >= 0.6 is 11.6 Å².